The predicted molar refractivity (Wildman–Crippen MR) is 97.6 cm³/mol. The second-order valence-corrected chi connectivity index (χ2v) is 7.81. The van der Waals surface area contributed by atoms with Gasteiger partial charge in [-0.25, -0.2) is 5.43 Å². The molecule has 132 valence electrons. The van der Waals surface area contributed by atoms with Gasteiger partial charge in [-0.2, -0.15) is 5.10 Å². The number of nitrogens with zero attached hydrogens (tertiary/aromatic N) is 2. The maximum Gasteiger partial charge on any atom is 0.243 e. The van der Waals surface area contributed by atoms with E-state index in [1.165, 1.54) is 5.56 Å². The highest BCUT2D eigenvalue weighted by Crippen LogP contribution is 2.40. The van der Waals surface area contributed by atoms with Crippen LogP contribution in [-0.2, 0) is 9.59 Å². The van der Waals surface area contributed by atoms with Crippen LogP contribution in [-0.4, -0.2) is 24.6 Å². The van der Waals surface area contributed by atoms with Crippen molar-refractivity contribution in [1.82, 2.24) is 5.43 Å². The number of hydrogen-bond acceptors (Lipinski definition) is 3. The first-order chi connectivity index (χ1) is 12.0. The van der Waals surface area contributed by atoms with Gasteiger partial charge in [0.15, 0.2) is 0 Å². The fraction of sp³-hybridized carbons (Fsp3) is 0.550. The van der Waals surface area contributed by atoms with Gasteiger partial charge >= 0.3 is 0 Å². The van der Waals surface area contributed by atoms with Crippen LogP contribution in [0.1, 0.15) is 56.6 Å². The standard InChI is InChI=1S/C20H25N3O2/c1-11-9-18(24)23(3)17-8-7-13(10-16(17)12(11)2)19-14-5-4-6-15(14)20(25)22-21-19/h7-8,10-12,14-15H,4-6,9H2,1-3H3,(H,22,25). The van der Waals surface area contributed by atoms with Crippen LogP contribution in [0.3, 0.4) is 0 Å². The predicted octanol–water partition coefficient (Wildman–Crippen LogP) is 3.04. The van der Waals surface area contributed by atoms with Crippen LogP contribution in [0.4, 0.5) is 5.69 Å². The van der Waals surface area contributed by atoms with E-state index in [0.29, 0.717) is 18.3 Å². The van der Waals surface area contributed by atoms with E-state index in [1.54, 1.807) is 4.90 Å². The molecule has 0 spiro atoms. The average Bonchev–Trinajstić information content (AvgIpc) is 3.08. The molecule has 0 bridgehead atoms. The number of hydrazone groups is 1. The zero-order chi connectivity index (χ0) is 17.7. The van der Waals surface area contributed by atoms with Gasteiger partial charge in [-0.3, -0.25) is 9.59 Å². The molecule has 0 saturated heterocycles. The normalized spacial score (nSPS) is 31.8. The molecule has 1 aliphatic carbocycles. The molecule has 0 aromatic heterocycles. The minimum absolute atomic E-state index is 0.0620. The molecule has 1 aromatic carbocycles. The van der Waals surface area contributed by atoms with Gasteiger partial charge < -0.3 is 4.90 Å². The summed E-state index contributed by atoms with van der Waals surface area (Å²) in [5.74, 6) is 1.13. The third-order valence-corrected chi connectivity index (χ3v) is 6.39. The molecule has 2 amide bonds. The van der Waals surface area contributed by atoms with Gasteiger partial charge in [0.1, 0.15) is 0 Å². The van der Waals surface area contributed by atoms with Gasteiger partial charge in [-0.1, -0.05) is 26.3 Å². The monoisotopic (exact) mass is 339 g/mol. The molecule has 2 heterocycles. The first-order valence-corrected chi connectivity index (χ1v) is 9.25. The lowest BCUT2D eigenvalue weighted by molar-refractivity contribution is -0.126. The minimum Gasteiger partial charge on any atom is -0.315 e. The van der Waals surface area contributed by atoms with Crippen LogP contribution in [0.2, 0.25) is 0 Å². The summed E-state index contributed by atoms with van der Waals surface area (Å²) in [5.41, 5.74) is 6.99. The number of carbonyl (C=O) groups excluding carboxylic acids is 2. The quantitative estimate of drug-likeness (QED) is 0.855. The summed E-state index contributed by atoms with van der Waals surface area (Å²) in [7, 11) is 1.86. The lowest BCUT2D eigenvalue weighted by Crippen LogP contribution is -2.39. The molecule has 1 N–H and O–H groups in total. The zero-order valence-electron chi connectivity index (χ0n) is 15.1. The summed E-state index contributed by atoms with van der Waals surface area (Å²) < 4.78 is 0. The number of hydrogen-bond donors (Lipinski definition) is 1. The maximum absolute atomic E-state index is 12.4. The fourth-order valence-corrected chi connectivity index (χ4v) is 4.57. The van der Waals surface area contributed by atoms with Gasteiger partial charge in [0, 0.05) is 31.0 Å². The Hall–Kier alpha value is -2.17. The van der Waals surface area contributed by atoms with Gasteiger partial charge in [-0.15, -0.1) is 0 Å². The Morgan fingerprint density at radius 3 is 2.72 bits per heavy atom. The molecule has 2 aliphatic heterocycles. The minimum atomic E-state index is 0.0620. The van der Waals surface area contributed by atoms with Crippen LogP contribution in [0.25, 0.3) is 0 Å². The highest BCUT2D eigenvalue weighted by Gasteiger charge is 2.40. The van der Waals surface area contributed by atoms with Crippen molar-refractivity contribution in [3.8, 4) is 0 Å². The van der Waals surface area contributed by atoms with Gasteiger partial charge in [0.05, 0.1) is 5.71 Å². The third-order valence-electron chi connectivity index (χ3n) is 6.39. The highest BCUT2D eigenvalue weighted by atomic mass is 16.2. The number of rotatable bonds is 1. The van der Waals surface area contributed by atoms with E-state index in [1.807, 2.05) is 13.1 Å². The Kier molecular flexibility index (Phi) is 3.89. The Morgan fingerprint density at radius 2 is 1.92 bits per heavy atom. The Bertz CT molecular complexity index is 770. The van der Waals surface area contributed by atoms with Crippen molar-refractivity contribution >= 4 is 23.2 Å². The lowest BCUT2D eigenvalue weighted by Gasteiger charge is -2.27. The van der Waals surface area contributed by atoms with E-state index in [9.17, 15) is 9.59 Å². The van der Waals surface area contributed by atoms with Gasteiger partial charge in [0.25, 0.3) is 0 Å². The van der Waals surface area contributed by atoms with Crippen molar-refractivity contribution in [3.05, 3.63) is 29.3 Å². The number of carbonyl (C=O) groups is 2. The molecule has 0 radical (unpaired) electrons. The van der Waals surface area contributed by atoms with E-state index in [-0.39, 0.29) is 23.7 Å². The van der Waals surface area contributed by atoms with E-state index in [4.69, 9.17) is 0 Å². The van der Waals surface area contributed by atoms with Crippen molar-refractivity contribution in [2.45, 2.75) is 45.4 Å². The molecule has 4 rings (SSSR count). The average molecular weight is 339 g/mol. The smallest absolute Gasteiger partial charge is 0.243 e. The highest BCUT2D eigenvalue weighted by molar-refractivity contribution is 6.07. The van der Waals surface area contributed by atoms with Crippen LogP contribution in [0.15, 0.2) is 23.3 Å². The number of anilines is 1. The molecule has 5 nitrogen and oxygen atoms in total. The van der Waals surface area contributed by atoms with Crippen molar-refractivity contribution < 1.29 is 9.59 Å². The van der Waals surface area contributed by atoms with E-state index in [0.717, 1.165) is 36.2 Å². The molecule has 4 atom stereocenters. The number of fused-ring (bicyclic) bond motifs is 2. The SMILES string of the molecule is CC1CC(=O)N(C)c2ccc(C3=NNC(=O)C4CCCC34)cc2C1C. The summed E-state index contributed by atoms with van der Waals surface area (Å²) in [6, 6.07) is 6.29. The van der Waals surface area contributed by atoms with Crippen LogP contribution >= 0.6 is 0 Å². The van der Waals surface area contributed by atoms with Crippen molar-refractivity contribution in [2.24, 2.45) is 22.9 Å². The molecule has 1 saturated carbocycles. The number of nitrogens with one attached hydrogen (secondary N) is 1. The molecular formula is C20H25N3O2. The largest absolute Gasteiger partial charge is 0.315 e. The van der Waals surface area contributed by atoms with E-state index < -0.39 is 0 Å². The molecule has 25 heavy (non-hydrogen) atoms. The summed E-state index contributed by atoms with van der Waals surface area (Å²) >= 11 is 0. The number of benzene rings is 1. The molecule has 1 aromatic rings. The van der Waals surface area contributed by atoms with Crippen LogP contribution in [0, 0.1) is 17.8 Å². The van der Waals surface area contributed by atoms with E-state index >= 15 is 0 Å². The van der Waals surface area contributed by atoms with Crippen LogP contribution in [0.5, 0.6) is 0 Å². The maximum atomic E-state index is 12.4. The zero-order valence-corrected chi connectivity index (χ0v) is 15.1. The molecular weight excluding hydrogens is 314 g/mol. The second-order valence-electron chi connectivity index (χ2n) is 7.81. The summed E-state index contributed by atoms with van der Waals surface area (Å²) in [6.45, 7) is 4.34. The third kappa shape index (κ3) is 2.57. The first-order valence-electron chi connectivity index (χ1n) is 9.25. The van der Waals surface area contributed by atoms with Gasteiger partial charge in [0.2, 0.25) is 11.8 Å². The first kappa shape index (κ1) is 16.3. The van der Waals surface area contributed by atoms with Crippen molar-refractivity contribution in [3.63, 3.8) is 0 Å². The van der Waals surface area contributed by atoms with Crippen LogP contribution < -0.4 is 10.3 Å². The summed E-state index contributed by atoms with van der Waals surface area (Å²) in [6.07, 6.45) is 3.63. The topological polar surface area (TPSA) is 61.8 Å². The van der Waals surface area contributed by atoms with E-state index in [2.05, 4.69) is 36.5 Å². The lowest BCUT2D eigenvalue weighted by atomic mass is 9.82. The Morgan fingerprint density at radius 1 is 1.16 bits per heavy atom. The Balaban J connectivity index is 1.77. The second kappa shape index (κ2) is 5.97. The molecule has 3 aliphatic rings. The molecule has 1 fully saturated rings. The fourth-order valence-electron chi connectivity index (χ4n) is 4.57. The number of amides is 2. The summed E-state index contributed by atoms with van der Waals surface area (Å²) in [4.78, 5) is 26.2. The Labute approximate surface area is 148 Å². The van der Waals surface area contributed by atoms with Gasteiger partial charge in [-0.05, 0) is 47.9 Å². The molecule has 4 unspecified atom stereocenters. The summed E-state index contributed by atoms with van der Waals surface area (Å²) in [5, 5.41) is 4.41. The van der Waals surface area contributed by atoms with Crippen molar-refractivity contribution in [1.29, 1.82) is 0 Å². The van der Waals surface area contributed by atoms with Crippen molar-refractivity contribution in [2.75, 3.05) is 11.9 Å². The molecule has 5 heteroatoms.